The van der Waals surface area contributed by atoms with Gasteiger partial charge in [0, 0.05) is 35.0 Å². The van der Waals surface area contributed by atoms with Crippen molar-refractivity contribution in [3.05, 3.63) is 94.3 Å². The van der Waals surface area contributed by atoms with E-state index in [1.165, 1.54) is 22.3 Å². The Morgan fingerprint density at radius 1 is 1.11 bits per heavy atom. The van der Waals surface area contributed by atoms with Crippen LogP contribution in [-0.4, -0.2) is 45.2 Å². The number of thioether (sulfide) groups is 1. The average molecular weight is 532 g/mol. The normalized spacial score (nSPS) is 15.9. The van der Waals surface area contributed by atoms with Crippen molar-refractivity contribution in [1.29, 1.82) is 5.41 Å². The van der Waals surface area contributed by atoms with Gasteiger partial charge in [0.1, 0.15) is 16.5 Å². The van der Waals surface area contributed by atoms with E-state index in [1.54, 1.807) is 42.7 Å². The minimum Gasteiger partial charge on any atom is -0.493 e. The van der Waals surface area contributed by atoms with Gasteiger partial charge < -0.3 is 9.47 Å². The maximum atomic E-state index is 12.9. The molecule has 2 aliphatic heterocycles. The number of aryl methyl sites for hydroxylation is 1. The number of carbonyl (C=O) groups is 1. The first-order valence-electron chi connectivity index (χ1n) is 11.5. The molecule has 0 radical (unpaired) electrons. The third-order valence-corrected chi connectivity index (χ3v) is 6.66. The summed E-state index contributed by atoms with van der Waals surface area (Å²) in [6, 6.07) is 16.7. The number of hydrazone groups is 1. The highest BCUT2D eigenvalue weighted by molar-refractivity contribution is 8.27. The van der Waals surface area contributed by atoms with E-state index in [0.29, 0.717) is 46.2 Å². The fraction of sp³-hybridized carbons (Fsp3) is 0.148. The molecule has 5 rings (SSSR count). The predicted octanol–water partition coefficient (Wildman–Crippen LogP) is 5.56. The molecule has 0 aliphatic carbocycles. The number of nitrogens with one attached hydrogen (secondary N) is 1. The number of aliphatic imine (C=N–C) groups is 1. The van der Waals surface area contributed by atoms with Crippen LogP contribution >= 0.6 is 23.4 Å². The molecule has 1 aromatic heterocycles. The van der Waals surface area contributed by atoms with E-state index in [2.05, 4.69) is 15.1 Å². The summed E-state index contributed by atoms with van der Waals surface area (Å²) >= 11 is 7.46. The van der Waals surface area contributed by atoms with E-state index < -0.39 is 5.91 Å². The lowest BCUT2D eigenvalue weighted by atomic mass is 10.1. The van der Waals surface area contributed by atoms with E-state index in [1.807, 2.05) is 37.3 Å². The summed E-state index contributed by atoms with van der Waals surface area (Å²) in [5.41, 5.74) is 2.63. The van der Waals surface area contributed by atoms with Gasteiger partial charge >= 0.3 is 0 Å². The lowest BCUT2D eigenvalue weighted by Gasteiger charge is -2.20. The number of aromatic nitrogens is 1. The Bertz CT molecular complexity index is 1440. The van der Waals surface area contributed by atoms with E-state index in [0.717, 1.165) is 11.3 Å². The van der Waals surface area contributed by atoms with Gasteiger partial charge in [-0.3, -0.25) is 15.2 Å². The highest BCUT2D eigenvalue weighted by atomic mass is 35.5. The molecule has 0 atom stereocenters. The smallest absolute Gasteiger partial charge is 0.283 e. The van der Waals surface area contributed by atoms with Gasteiger partial charge in [-0.1, -0.05) is 29.3 Å². The molecule has 0 bridgehead atoms. The largest absolute Gasteiger partial charge is 0.493 e. The number of pyridine rings is 1. The van der Waals surface area contributed by atoms with Gasteiger partial charge in [-0.25, -0.2) is 0 Å². The number of hydrogen-bond donors (Lipinski definition) is 1. The van der Waals surface area contributed by atoms with E-state index >= 15 is 0 Å². The number of carbonyl (C=O) groups excluding carboxylic acids is 1. The van der Waals surface area contributed by atoms with Crippen molar-refractivity contribution in [2.45, 2.75) is 13.3 Å². The SMILES string of the molecule is Cc1ccc(OCCCOc2ccc(Cl)cc2/C=C2/C(=N)N3N=C(c4cccnc4)SC3=NC2=O)cc1. The van der Waals surface area contributed by atoms with E-state index in [-0.39, 0.29) is 11.4 Å². The van der Waals surface area contributed by atoms with Crippen LogP contribution in [0.4, 0.5) is 0 Å². The summed E-state index contributed by atoms with van der Waals surface area (Å²) < 4.78 is 11.7. The Kier molecular flexibility index (Phi) is 7.34. The van der Waals surface area contributed by atoms with Crippen molar-refractivity contribution in [2.24, 2.45) is 10.1 Å². The van der Waals surface area contributed by atoms with Crippen LogP contribution in [0.25, 0.3) is 6.08 Å². The Labute approximate surface area is 223 Å². The third kappa shape index (κ3) is 5.73. The minimum atomic E-state index is -0.524. The standard InChI is InChI=1S/C27H22ClN5O3S/c1-17-5-8-21(9-6-17)35-12-3-13-36-23-10-7-20(28)14-19(23)15-22-24(29)33-27(31-25(22)34)37-26(32-33)18-4-2-11-30-16-18/h2,4-11,14-16,29H,3,12-13H2,1H3/b22-15-,29-24?. The second kappa shape index (κ2) is 11.0. The molecule has 8 nitrogen and oxygen atoms in total. The number of nitrogens with zero attached hydrogens (tertiary/aromatic N) is 4. The molecule has 0 saturated heterocycles. The van der Waals surface area contributed by atoms with Crippen LogP contribution in [0.3, 0.4) is 0 Å². The molecule has 186 valence electrons. The zero-order chi connectivity index (χ0) is 25.8. The van der Waals surface area contributed by atoms with Crippen LogP contribution in [0.2, 0.25) is 5.02 Å². The van der Waals surface area contributed by atoms with Crippen LogP contribution < -0.4 is 9.47 Å². The molecular formula is C27H22ClN5O3S. The maximum Gasteiger partial charge on any atom is 0.283 e. The molecular weight excluding hydrogens is 510 g/mol. The van der Waals surface area contributed by atoms with Crippen molar-refractivity contribution in [1.82, 2.24) is 9.99 Å². The van der Waals surface area contributed by atoms with Crippen LogP contribution in [0.15, 0.2) is 82.7 Å². The van der Waals surface area contributed by atoms with Gasteiger partial charge in [0.15, 0.2) is 5.84 Å². The van der Waals surface area contributed by atoms with E-state index in [4.69, 9.17) is 26.5 Å². The number of ether oxygens (including phenoxy) is 2. The lowest BCUT2D eigenvalue weighted by Crippen LogP contribution is -2.35. The second-order valence-corrected chi connectivity index (χ2v) is 9.60. The molecule has 0 saturated carbocycles. The number of halogens is 1. The summed E-state index contributed by atoms with van der Waals surface area (Å²) in [6.45, 7) is 2.93. The van der Waals surface area contributed by atoms with Crippen molar-refractivity contribution in [2.75, 3.05) is 13.2 Å². The Balaban J connectivity index is 1.29. The maximum absolute atomic E-state index is 12.9. The Hall–Kier alpha value is -3.95. The minimum absolute atomic E-state index is 0.0705. The number of rotatable bonds is 8. The summed E-state index contributed by atoms with van der Waals surface area (Å²) in [7, 11) is 0. The van der Waals surface area contributed by atoms with Crippen molar-refractivity contribution >= 4 is 51.4 Å². The summed E-state index contributed by atoms with van der Waals surface area (Å²) in [5.74, 6) is 0.756. The topological polar surface area (TPSA) is 100 Å². The first-order chi connectivity index (χ1) is 18.0. The number of amidine groups is 2. The van der Waals surface area contributed by atoms with Crippen LogP contribution in [0, 0.1) is 12.3 Å². The molecule has 0 unspecified atom stereocenters. The van der Waals surface area contributed by atoms with Crippen LogP contribution in [0.1, 0.15) is 23.1 Å². The number of hydrogen-bond acceptors (Lipinski definition) is 7. The fourth-order valence-corrected chi connectivity index (χ4v) is 4.64. The highest BCUT2D eigenvalue weighted by Crippen LogP contribution is 2.32. The second-order valence-electron chi connectivity index (χ2n) is 8.21. The molecule has 3 heterocycles. The van der Waals surface area contributed by atoms with Gasteiger partial charge in [-0.15, -0.1) is 0 Å². The zero-order valence-corrected chi connectivity index (χ0v) is 21.4. The predicted molar refractivity (Wildman–Crippen MR) is 147 cm³/mol. The van der Waals surface area contributed by atoms with Gasteiger partial charge in [0.05, 0.1) is 18.8 Å². The molecule has 37 heavy (non-hydrogen) atoms. The first kappa shape index (κ1) is 24.7. The summed E-state index contributed by atoms with van der Waals surface area (Å²) in [5, 5.41) is 15.9. The fourth-order valence-electron chi connectivity index (χ4n) is 3.58. The average Bonchev–Trinajstić information content (AvgIpc) is 3.33. The number of amides is 1. The molecule has 0 fully saturated rings. The van der Waals surface area contributed by atoms with Crippen LogP contribution in [0.5, 0.6) is 11.5 Å². The number of fused-ring (bicyclic) bond motifs is 1. The first-order valence-corrected chi connectivity index (χ1v) is 12.7. The molecule has 2 aromatic carbocycles. The van der Waals surface area contributed by atoms with Gasteiger partial charge in [0.25, 0.3) is 5.91 Å². The van der Waals surface area contributed by atoms with Gasteiger partial charge in [-0.05, 0) is 67.2 Å². The molecule has 1 N–H and O–H groups in total. The van der Waals surface area contributed by atoms with Gasteiger partial charge in [0.2, 0.25) is 5.17 Å². The number of benzene rings is 2. The van der Waals surface area contributed by atoms with Crippen molar-refractivity contribution in [3.63, 3.8) is 0 Å². The third-order valence-electron chi connectivity index (χ3n) is 5.47. The Morgan fingerprint density at radius 3 is 2.70 bits per heavy atom. The van der Waals surface area contributed by atoms with Crippen molar-refractivity contribution in [3.8, 4) is 11.5 Å². The van der Waals surface area contributed by atoms with E-state index in [9.17, 15) is 4.79 Å². The van der Waals surface area contributed by atoms with Gasteiger partial charge in [-0.2, -0.15) is 15.1 Å². The molecule has 10 heteroatoms. The Morgan fingerprint density at radius 2 is 1.92 bits per heavy atom. The monoisotopic (exact) mass is 531 g/mol. The van der Waals surface area contributed by atoms with Crippen molar-refractivity contribution < 1.29 is 14.3 Å². The summed E-state index contributed by atoms with van der Waals surface area (Å²) in [4.78, 5) is 21.1. The summed E-state index contributed by atoms with van der Waals surface area (Å²) in [6.07, 6.45) is 5.57. The molecule has 2 aliphatic rings. The molecule has 0 spiro atoms. The lowest BCUT2D eigenvalue weighted by molar-refractivity contribution is -0.114. The van der Waals surface area contributed by atoms with Crippen LogP contribution in [-0.2, 0) is 4.79 Å². The molecule has 3 aromatic rings. The highest BCUT2D eigenvalue weighted by Gasteiger charge is 2.36. The zero-order valence-electron chi connectivity index (χ0n) is 19.8. The molecule has 1 amide bonds. The quantitative estimate of drug-likeness (QED) is 0.302.